The van der Waals surface area contributed by atoms with Crippen LogP contribution in [0.15, 0.2) is 6.07 Å². The number of rotatable bonds is 2. The Labute approximate surface area is 125 Å². The van der Waals surface area contributed by atoms with Crippen molar-refractivity contribution in [3.8, 4) is 5.75 Å². The molecule has 1 aliphatic rings. The first-order chi connectivity index (χ1) is 8.93. The SMILES string of the molecule is Bc1cc(B)c(OC2(B)C(B)(B)NC2(B)B)c(F)c1F. The molecule has 98 valence electrons. The van der Waals surface area contributed by atoms with Crippen LogP contribution in [0.2, 0.25) is 0 Å². The van der Waals surface area contributed by atoms with Gasteiger partial charge in [-0.3, -0.25) is 0 Å². The minimum absolute atomic E-state index is 0.0123. The van der Waals surface area contributed by atoms with Gasteiger partial charge in [0, 0.05) is 0 Å². The molecule has 1 aromatic rings. The lowest BCUT2D eigenvalue weighted by Gasteiger charge is -2.67. The van der Waals surface area contributed by atoms with Crippen LogP contribution >= 0.6 is 0 Å². The average Bonchev–Trinajstić information content (AvgIpc) is 2.30. The van der Waals surface area contributed by atoms with Crippen molar-refractivity contribution in [3.63, 3.8) is 0 Å². The zero-order valence-corrected chi connectivity index (χ0v) is 13.2. The molecule has 1 fully saturated rings. The lowest BCUT2D eigenvalue weighted by Crippen LogP contribution is -2.94. The van der Waals surface area contributed by atoms with E-state index in [2.05, 4.69) is 5.32 Å². The molecular weight excluding hydrogens is 252 g/mol. The van der Waals surface area contributed by atoms with Crippen molar-refractivity contribution in [2.24, 2.45) is 0 Å². The second-order valence-electron chi connectivity index (χ2n) is 6.98. The summed E-state index contributed by atoms with van der Waals surface area (Å²) in [4.78, 5) is 0. The van der Waals surface area contributed by atoms with Crippen molar-refractivity contribution >= 4 is 65.8 Å². The number of hydrogen-bond acceptors (Lipinski definition) is 2. The zero-order chi connectivity index (χ0) is 15.5. The van der Waals surface area contributed by atoms with E-state index in [1.807, 2.05) is 39.2 Å². The van der Waals surface area contributed by atoms with E-state index in [4.69, 9.17) is 4.74 Å². The topological polar surface area (TPSA) is 21.3 Å². The predicted molar refractivity (Wildman–Crippen MR) is 97.4 cm³/mol. The Morgan fingerprint density at radius 2 is 1.40 bits per heavy atom. The van der Waals surface area contributed by atoms with Crippen LogP contribution in [0.1, 0.15) is 0 Å². The summed E-state index contributed by atoms with van der Waals surface area (Å²) in [5.74, 6) is -1.72. The second-order valence-corrected chi connectivity index (χ2v) is 6.98. The predicted octanol–water partition coefficient (Wildman–Crippen LogP) is -7.37. The molecule has 0 radical (unpaired) electrons. The highest BCUT2D eigenvalue weighted by atomic mass is 19.2. The lowest BCUT2D eigenvalue weighted by molar-refractivity contribution is 0.0159. The Morgan fingerprint density at radius 1 is 0.900 bits per heavy atom. The van der Waals surface area contributed by atoms with Crippen LogP contribution in [0.25, 0.3) is 0 Å². The van der Waals surface area contributed by atoms with Gasteiger partial charge in [0.15, 0.2) is 25.2 Å². The Morgan fingerprint density at radius 3 is 1.85 bits per heavy atom. The molecule has 11 heteroatoms. The van der Waals surface area contributed by atoms with Crippen molar-refractivity contribution in [3.05, 3.63) is 17.7 Å². The van der Waals surface area contributed by atoms with Crippen LogP contribution in [-0.4, -0.2) is 71.1 Å². The van der Waals surface area contributed by atoms with Crippen LogP contribution in [0, 0.1) is 11.6 Å². The van der Waals surface area contributed by atoms with E-state index in [-0.39, 0.29) is 16.4 Å². The molecule has 0 unspecified atom stereocenters. The molecule has 2 nitrogen and oxygen atoms in total. The Bertz CT molecular complexity index is 566. The van der Waals surface area contributed by atoms with Crippen molar-refractivity contribution in [2.75, 3.05) is 0 Å². The van der Waals surface area contributed by atoms with Gasteiger partial charge in [0.05, 0.1) is 5.50 Å². The number of nitrogens with one attached hydrogen (secondary N) is 1. The van der Waals surface area contributed by atoms with Gasteiger partial charge < -0.3 is 10.1 Å². The maximum atomic E-state index is 14.2. The van der Waals surface area contributed by atoms with Gasteiger partial charge in [0.25, 0.3) is 0 Å². The van der Waals surface area contributed by atoms with Crippen molar-refractivity contribution in [2.45, 2.75) is 16.2 Å². The fourth-order valence-electron chi connectivity index (χ4n) is 3.22. The molecular formula is C9H16B7F2NO. The van der Waals surface area contributed by atoms with Crippen molar-refractivity contribution < 1.29 is 13.5 Å². The molecule has 0 spiro atoms. The number of halogens is 2. The van der Waals surface area contributed by atoms with Gasteiger partial charge in [-0.15, -0.1) is 0 Å². The van der Waals surface area contributed by atoms with Crippen molar-refractivity contribution in [1.82, 2.24) is 5.32 Å². The third-order valence-corrected chi connectivity index (χ3v) is 4.85. The lowest BCUT2D eigenvalue weighted by atomic mass is 9.27. The summed E-state index contributed by atoms with van der Waals surface area (Å²) >= 11 is 0. The van der Waals surface area contributed by atoms with Crippen LogP contribution in [-0.2, 0) is 0 Å². The van der Waals surface area contributed by atoms with Gasteiger partial charge in [-0.2, -0.15) is 4.39 Å². The van der Waals surface area contributed by atoms with Gasteiger partial charge in [-0.25, -0.2) is 4.39 Å². The standard InChI is InChI=1S/C9H16B7F2NO/c10-2-1-3(11)6(5(18)4(2)17)20-7(12)8(13,14)19-9(7,15)16/h1,19H,10-16H2. The molecule has 0 atom stereocenters. The van der Waals surface area contributed by atoms with E-state index in [9.17, 15) is 8.78 Å². The van der Waals surface area contributed by atoms with Gasteiger partial charge in [-0.1, -0.05) is 11.5 Å². The average molecular weight is 268 g/mol. The van der Waals surface area contributed by atoms with Crippen LogP contribution < -0.4 is 21.0 Å². The highest BCUT2D eigenvalue weighted by Gasteiger charge is 2.63. The first-order valence-electron chi connectivity index (χ1n) is 6.86. The quantitative estimate of drug-likeness (QED) is 0.538. The summed E-state index contributed by atoms with van der Waals surface area (Å²) in [6.07, 6.45) is 0. The minimum Gasteiger partial charge on any atom is -0.493 e. The van der Waals surface area contributed by atoms with Gasteiger partial charge in [-0.05, 0) is 16.1 Å². The van der Waals surface area contributed by atoms with E-state index in [1.54, 1.807) is 21.8 Å². The first kappa shape index (κ1) is 15.7. The number of benzene rings is 1. The molecule has 1 N–H and O–H groups in total. The zero-order valence-electron chi connectivity index (χ0n) is 13.2. The molecule has 2 rings (SSSR count). The third-order valence-electron chi connectivity index (χ3n) is 4.85. The van der Waals surface area contributed by atoms with Crippen LogP contribution in [0.5, 0.6) is 5.75 Å². The maximum absolute atomic E-state index is 14.2. The molecule has 0 aromatic heterocycles. The molecule has 0 aliphatic carbocycles. The van der Waals surface area contributed by atoms with Gasteiger partial charge in [0.1, 0.15) is 47.1 Å². The van der Waals surface area contributed by atoms with Crippen LogP contribution in [0.3, 0.4) is 0 Å². The fraction of sp³-hybridized carbons (Fsp3) is 0.333. The monoisotopic (exact) mass is 269 g/mol. The van der Waals surface area contributed by atoms with E-state index < -0.39 is 17.1 Å². The summed E-state index contributed by atoms with van der Waals surface area (Å²) in [6.45, 7) is 0. The van der Waals surface area contributed by atoms with Crippen molar-refractivity contribution in [1.29, 1.82) is 0 Å². The maximum Gasteiger partial charge on any atom is 0.199 e. The fourth-order valence-corrected chi connectivity index (χ4v) is 3.22. The summed E-state index contributed by atoms with van der Waals surface area (Å²) in [6, 6.07) is 1.61. The highest BCUT2D eigenvalue weighted by Crippen LogP contribution is 2.38. The van der Waals surface area contributed by atoms with Gasteiger partial charge in [0.2, 0.25) is 0 Å². The molecule has 1 aromatic carbocycles. The third kappa shape index (κ3) is 1.97. The smallest absolute Gasteiger partial charge is 0.199 e. The van der Waals surface area contributed by atoms with E-state index in [0.29, 0.717) is 10.9 Å². The Balaban J connectivity index is 2.48. The largest absolute Gasteiger partial charge is 0.493 e. The molecule has 1 heterocycles. The normalized spacial score (nSPS) is 21.9. The molecule has 1 aliphatic heterocycles. The van der Waals surface area contributed by atoms with Gasteiger partial charge >= 0.3 is 0 Å². The summed E-state index contributed by atoms with van der Waals surface area (Å²) in [5, 5.41) is 2.75. The van der Waals surface area contributed by atoms with Crippen LogP contribution in [0.4, 0.5) is 8.78 Å². The van der Waals surface area contributed by atoms with E-state index in [0.717, 1.165) is 0 Å². The molecule has 0 bridgehead atoms. The molecule has 20 heavy (non-hydrogen) atoms. The molecule has 0 saturated carbocycles. The second kappa shape index (κ2) is 4.39. The van der Waals surface area contributed by atoms with E-state index >= 15 is 0 Å². The minimum atomic E-state index is -0.901. The van der Waals surface area contributed by atoms with E-state index in [1.165, 1.54) is 0 Å². The Kier molecular flexibility index (Phi) is 3.44. The summed E-state index contributed by atoms with van der Waals surface area (Å²) in [7, 11) is 13.2. The summed E-state index contributed by atoms with van der Waals surface area (Å²) in [5.41, 5.74) is 0.275. The first-order valence-corrected chi connectivity index (χ1v) is 6.86. The highest BCUT2D eigenvalue weighted by molar-refractivity contribution is 6.56. The summed E-state index contributed by atoms with van der Waals surface area (Å²) < 4.78 is 34.0. The Hall–Kier alpha value is -0.705. The number of hydrogen-bond donors (Lipinski definition) is 1. The number of ether oxygens (including phenoxy) is 1. The molecule has 1 saturated heterocycles. The molecule has 0 amide bonds.